The van der Waals surface area contributed by atoms with Crippen molar-refractivity contribution in [1.29, 1.82) is 0 Å². The molecule has 1 aliphatic rings. The van der Waals surface area contributed by atoms with Gasteiger partial charge in [0, 0.05) is 31.9 Å². The van der Waals surface area contributed by atoms with Crippen molar-refractivity contribution in [2.24, 2.45) is 0 Å². The third kappa shape index (κ3) is 2.85. The molecule has 2 rings (SSSR count). The van der Waals surface area contributed by atoms with E-state index < -0.39 is 0 Å². The SMILES string of the molecule is CNc1cc(C)nc(N2C[C@@H](C)O[C@H](C)C2)n1. The molecule has 0 radical (unpaired) electrons. The Hall–Kier alpha value is -1.36. The smallest absolute Gasteiger partial charge is 0.227 e. The third-order valence-electron chi connectivity index (χ3n) is 2.80. The summed E-state index contributed by atoms with van der Waals surface area (Å²) in [4.78, 5) is 11.2. The summed E-state index contributed by atoms with van der Waals surface area (Å²) in [6.07, 6.45) is 0.446. The van der Waals surface area contributed by atoms with Gasteiger partial charge in [0.05, 0.1) is 12.2 Å². The van der Waals surface area contributed by atoms with E-state index in [9.17, 15) is 0 Å². The van der Waals surface area contributed by atoms with E-state index in [4.69, 9.17) is 4.74 Å². The van der Waals surface area contributed by atoms with Crippen LogP contribution in [-0.2, 0) is 4.74 Å². The van der Waals surface area contributed by atoms with E-state index in [0.717, 1.165) is 30.5 Å². The summed E-state index contributed by atoms with van der Waals surface area (Å²) in [5.74, 6) is 1.65. The largest absolute Gasteiger partial charge is 0.373 e. The van der Waals surface area contributed by atoms with Crippen LogP contribution in [0.15, 0.2) is 6.07 Å². The van der Waals surface area contributed by atoms with Gasteiger partial charge in [-0.05, 0) is 20.8 Å². The molecule has 1 N–H and O–H groups in total. The second-order valence-corrected chi connectivity index (χ2v) is 4.61. The maximum atomic E-state index is 5.71. The molecule has 1 aromatic rings. The molecule has 1 saturated heterocycles. The van der Waals surface area contributed by atoms with Crippen LogP contribution in [-0.4, -0.2) is 42.3 Å². The highest BCUT2D eigenvalue weighted by atomic mass is 16.5. The highest BCUT2D eigenvalue weighted by Gasteiger charge is 2.24. The second kappa shape index (κ2) is 4.87. The monoisotopic (exact) mass is 236 g/mol. The van der Waals surface area contributed by atoms with Crippen LogP contribution in [0, 0.1) is 6.92 Å². The first-order valence-electron chi connectivity index (χ1n) is 6.02. The van der Waals surface area contributed by atoms with Crippen LogP contribution >= 0.6 is 0 Å². The maximum Gasteiger partial charge on any atom is 0.227 e. The molecule has 0 aromatic carbocycles. The fourth-order valence-corrected chi connectivity index (χ4v) is 2.16. The van der Waals surface area contributed by atoms with E-state index in [2.05, 4.69) is 34.0 Å². The van der Waals surface area contributed by atoms with Gasteiger partial charge in [0.1, 0.15) is 5.82 Å². The average Bonchev–Trinajstić information content (AvgIpc) is 2.26. The first-order chi connectivity index (χ1) is 8.08. The standard InChI is InChI=1S/C12H20N4O/c1-8-5-11(13-4)15-12(14-8)16-6-9(2)17-10(3)7-16/h5,9-10H,6-7H2,1-4H3,(H,13,14,15)/t9-,10-/m1/s1. The zero-order chi connectivity index (χ0) is 12.4. The first-order valence-corrected chi connectivity index (χ1v) is 6.02. The predicted octanol–water partition coefficient (Wildman–Crippen LogP) is 1.44. The minimum Gasteiger partial charge on any atom is -0.373 e. The summed E-state index contributed by atoms with van der Waals surface area (Å²) >= 11 is 0. The summed E-state index contributed by atoms with van der Waals surface area (Å²) in [7, 11) is 1.87. The normalized spacial score (nSPS) is 24.8. The number of aryl methyl sites for hydroxylation is 1. The molecule has 1 fully saturated rings. The number of hydrogen-bond acceptors (Lipinski definition) is 5. The molecule has 0 unspecified atom stereocenters. The zero-order valence-electron chi connectivity index (χ0n) is 10.9. The number of aromatic nitrogens is 2. The molecule has 0 bridgehead atoms. The molecular formula is C12H20N4O. The van der Waals surface area contributed by atoms with Crippen molar-refractivity contribution in [1.82, 2.24) is 9.97 Å². The van der Waals surface area contributed by atoms with Crippen molar-refractivity contribution in [3.8, 4) is 0 Å². The Morgan fingerprint density at radius 1 is 1.29 bits per heavy atom. The highest BCUT2D eigenvalue weighted by Crippen LogP contribution is 2.18. The third-order valence-corrected chi connectivity index (χ3v) is 2.80. The number of nitrogens with zero attached hydrogens (tertiary/aromatic N) is 3. The van der Waals surface area contributed by atoms with Crippen molar-refractivity contribution in [2.75, 3.05) is 30.4 Å². The average molecular weight is 236 g/mol. The van der Waals surface area contributed by atoms with Gasteiger partial charge in [-0.3, -0.25) is 0 Å². The summed E-state index contributed by atoms with van der Waals surface area (Å²) in [6, 6.07) is 1.94. The molecule has 17 heavy (non-hydrogen) atoms. The zero-order valence-corrected chi connectivity index (χ0v) is 10.9. The quantitative estimate of drug-likeness (QED) is 0.842. The minimum absolute atomic E-state index is 0.223. The summed E-state index contributed by atoms with van der Waals surface area (Å²) in [5.41, 5.74) is 0.978. The van der Waals surface area contributed by atoms with Crippen molar-refractivity contribution in [3.05, 3.63) is 11.8 Å². The van der Waals surface area contributed by atoms with E-state index in [0.29, 0.717) is 0 Å². The van der Waals surface area contributed by atoms with E-state index in [-0.39, 0.29) is 12.2 Å². The molecule has 5 heteroatoms. The number of rotatable bonds is 2. The van der Waals surface area contributed by atoms with Crippen molar-refractivity contribution in [3.63, 3.8) is 0 Å². The van der Waals surface area contributed by atoms with Gasteiger partial charge < -0.3 is 15.0 Å². The molecule has 5 nitrogen and oxygen atoms in total. The number of morpholine rings is 1. The Morgan fingerprint density at radius 2 is 1.94 bits per heavy atom. The van der Waals surface area contributed by atoms with Crippen LogP contribution in [0.25, 0.3) is 0 Å². The Kier molecular flexibility index (Phi) is 3.47. The number of ether oxygens (including phenoxy) is 1. The Bertz CT molecular complexity index is 386. The lowest BCUT2D eigenvalue weighted by Crippen LogP contribution is -2.46. The van der Waals surface area contributed by atoms with Crippen LogP contribution < -0.4 is 10.2 Å². The van der Waals surface area contributed by atoms with E-state index >= 15 is 0 Å². The van der Waals surface area contributed by atoms with Gasteiger partial charge in [-0.15, -0.1) is 0 Å². The van der Waals surface area contributed by atoms with Crippen LogP contribution in [0.4, 0.5) is 11.8 Å². The van der Waals surface area contributed by atoms with Gasteiger partial charge in [-0.1, -0.05) is 0 Å². The lowest BCUT2D eigenvalue weighted by Gasteiger charge is -2.35. The van der Waals surface area contributed by atoms with Crippen LogP contribution in [0.1, 0.15) is 19.5 Å². The molecule has 0 aliphatic carbocycles. The number of hydrogen-bond donors (Lipinski definition) is 1. The van der Waals surface area contributed by atoms with Crippen molar-refractivity contribution in [2.45, 2.75) is 33.0 Å². The molecule has 94 valence electrons. The highest BCUT2D eigenvalue weighted by molar-refractivity contribution is 5.43. The Labute approximate surface area is 102 Å². The van der Waals surface area contributed by atoms with Gasteiger partial charge in [-0.2, -0.15) is 4.98 Å². The van der Waals surface area contributed by atoms with Gasteiger partial charge >= 0.3 is 0 Å². The molecule has 0 spiro atoms. The summed E-state index contributed by atoms with van der Waals surface area (Å²) < 4.78 is 5.71. The second-order valence-electron chi connectivity index (χ2n) is 4.61. The molecule has 0 saturated carbocycles. The maximum absolute atomic E-state index is 5.71. The Morgan fingerprint density at radius 3 is 2.53 bits per heavy atom. The molecule has 2 atom stereocenters. The van der Waals surface area contributed by atoms with E-state index in [1.165, 1.54) is 0 Å². The van der Waals surface area contributed by atoms with E-state index in [1.807, 2.05) is 20.0 Å². The van der Waals surface area contributed by atoms with Crippen molar-refractivity contribution < 1.29 is 4.74 Å². The lowest BCUT2D eigenvalue weighted by molar-refractivity contribution is -0.00572. The molecular weight excluding hydrogens is 216 g/mol. The topological polar surface area (TPSA) is 50.3 Å². The predicted molar refractivity (Wildman–Crippen MR) is 68.5 cm³/mol. The van der Waals surface area contributed by atoms with Gasteiger partial charge in [-0.25, -0.2) is 4.98 Å². The minimum atomic E-state index is 0.223. The van der Waals surface area contributed by atoms with Gasteiger partial charge in [0.2, 0.25) is 5.95 Å². The number of nitrogens with one attached hydrogen (secondary N) is 1. The van der Waals surface area contributed by atoms with Crippen LogP contribution in [0.5, 0.6) is 0 Å². The lowest BCUT2D eigenvalue weighted by atomic mass is 10.2. The van der Waals surface area contributed by atoms with Crippen LogP contribution in [0.3, 0.4) is 0 Å². The molecule has 2 heterocycles. The summed E-state index contributed by atoms with van der Waals surface area (Å²) in [5, 5.41) is 3.06. The summed E-state index contributed by atoms with van der Waals surface area (Å²) in [6.45, 7) is 7.84. The fraction of sp³-hybridized carbons (Fsp3) is 0.667. The van der Waals surface area contributed by atoms with Gasteiger partial charge in [0.15, 0.2) is 0 Å². The molecule has 1 aliphatic heterocycles. The first kappa shape index (κ1) is 12.1. The molecule has 0 amide bonds. The molecule has 1 aromatic heterocycles. The van der Waals surface area contributed by atoms with E-state index in [1.54, 1.807) is 0 Å². The van der Waals surface area contributed by atoms with Crippen LogP contribution in [0.2, 0.25) is 0 Å². The number of anilines is 2. The van der Waals surface area contributed by atoms with Gasteiger partial charge in [0.25, 0.3) is 0 Å². The Balaban J connectivity index is 2.23. The van der Waals surface area contributed by atoms with Crippen molar-refractivity contribution >= 4 is 11.8 Å². The fourth-order valence-electron chi connectivity index (χ4n) is 2.16.